The van der Waals surface area contributed by atoms with E-state index >= 15 is 0 Å². The minimum absolute atomic E-state index is 0.150. The van der Waals surface area contributed by atoms with Gasteiger partial charge in [0.25, 0.3) is 0 Å². The number of imidazole rings is 1. The zero-order valence-electron chi connectivity index (χ0n) is 21.8. The second kappa shape index (κ2) is 10.9. The Hall–Kier alpha value is -4.27. The largest absolute Gasteiger partial charge is 0.573 e. The van der Waals surface area contributed by atoms with Crippen molar-refractivity contribution in [3.8, 4) is 39.5 Å². The Labute approximate surface area is 241 Å². The number of aliphatic hydroxyl groups excluding tert-OH is 1. The van der Waals surface area contributed by atoms with Crippen molar-refractivity contribution in [2.24, 2.45) is 0 Å². The Balaban J connectivity index is 1.72. The molecule has 0 unspecified atom stereocenters. The lowest BCUT2D eigenvalue weighted by molar-refractivity contribution is -0.274. The molecule has 0 aliphatic heterocycles. The first kappa shape index (κ1) is 29.2. The SMILES string of the molecule is Cc1cn(-c2c(Cl)cc(-c3cc(F)c(CO)c(S(C)(=O)=O)c3)cc2-n2nncc2-c2ccc(OC(F)(F)F)cc2)cn1. The number of sulfone groups is 1. The van der Waals surface area contributed by atoms with Gasteiger partial charge in [-0.15, -0.1) is 18.3 Å². The van der Waals surface area contributed by atoms with E-state index in [-0.39, 0.29) is 21.0 Å². The van der Waals surface area contributed by atoms with Crippen LogP contribution in [0.15, 0.2) is 72.1 Å². The molecule has 42 heavy (non-hydrogen) atoms. The van der Waals surface area contributed by atoms with Crippen LogP contribution in [0.1, 0.15) is 11.3 Å². The Morgan fingerprint density at radius 1 is 1.05 bits per heavy atom. The van der Waals surface area contributed by atoms with Crippen molar-refractivity contribution in [2.75, 3.05) is 6.26 Å². The lowest BCUT2D eigenvalue weighted by atomic mass is 10.0. The molecular formula is C27H20ClF4N5O4S. The lowest BCUT2D eigenvalue weighted by Crippen LogP contribution is -2.16. The monoisotopic (exact) mass is 621 g/mol. The van der Waals surface area contributed by atoms with Crippen LogP contribution in [0.2, 0.25) is 5.02 Å². The molecule has 15 heteroatoms. The van der Waals surface area contributed by atoms with Crippen LogP contribution in [0, 0.1) is 12.7 Å². The Bertz CT molecular complexity index is 1900. The van der Waals surface area contributed by atoms with Gasteiger partial charge >= 0.3 is 6.36 Å². The molecule has 0 spiro atoms. The van der Waals surface area contributed by atoms with Gasteiger partial charge in [-0.25, -0.2) is 22.5 Å². The topological polar surface area (TPSA) is 112 Å². The molecule has 9 nitrogen and oxygen atoms in total. The fourth-order valence-electron chi connectivity index (χ4n) is 4.41. The number of benzene rings is 3. The molecule has 0 saturated carbocycles. The fraction of sp³-hybridized carbons (Fsp3) is 0.148. The van der Waals surface area contributed by atoms with Crippen molar-refractivity contribution in [1.29, 1.82) is 0 Å². The third kappa shape index (κ3) is 5.86. The van der Waals surface area contributed by atoms with Crippen LogP contribution >= 0.6 is 11.6 Å². The smallest absolute Gasteiger partial charge is 0.406 e. The molecule has 0 amide bonds. The number of halogens is 5. The lowest BCUT2D eigenvalue weighted by Gasteiger charge is -2.17. The minimum Gasteiger partial charge on any atom is -0.406 e. The Morgan fingerprint density at radius 3 is 2.33 bits per heavy atom. The van der Waals surface area contributed by atoms with Crippen molar-refractivity contribution in [3.05, 3.63) is 89.3 Å². The summed E-state index contributed by atoms with van der Waals surface area (Å²) in [5, 5.41) is 17.9. The molecule has 5 aromatic rings. The van der Waals surface area contributed by atoms with Gasteiger partial charge < -0.3 is 14.4 Å². The normalized spacial score (nSPS) is 12.1. The van der Waals surface area contributed by atoms with Gasteiger partial charge in [0.2, 0.25) is 0 Å². The number of hydrogen-bond acceptors (Lipinski definition) is 7. The number of aromatic nitrogens is 5. The van der Waals surface area contributed by atoms with Crippen LogP contribution in [0.25, 0.3) is 33.8 Å². The number of alkyl halides is 3. The van der Waals surface area contributed by atoms with Crippen LogP contribution in [0.3, 0.4) is 0 Å². The van der Waals surface area contributed by atoms with E-state index in [4.69, 9.17) is 11.6 Å². The molecule has 2 aromatic heterocycles. The molecule has 2 heterocycles. The highest BCUT2D eigenvalue weighted by molar-refractivity contribution is 7.90. The summed E-state index contributed by atoms with van der Waals surface area (Å²) in [6, 6.07) is 10.5. The van der Waals surface area contributed by atoms with Gasteiger partial charge in [0.05, 0.1) is 51.8 Å². The van der Waals surface area contributed by atoms with Crippen LogP contribution in [-0.4, -0.2) is 50.7 Å². The van der Waals surface area contributed by atoms with Crippen LogP contribution in [0.4, 0.5) is 17.6 Å². The summed E-state index contributed by atoms with van der Waals surface area (Å²) in [5.41, 5.74) is 2.25. The summed E-state index contributed by atoms with van der Waals surface area (Å²) in [7, 11) is -3.92. The third-order valence-corrected chi connectivity index (χ3v) is 7.67. The first-order valence-electron chi connectivity index (χ1n) is 12.0. The van der Waals surface area contributed by atoms with Crippen LogP contribution in [-0.2, 0) is 16.4 Å². The maximum atomic E-state index is 15.0. The molecule has 5 rings (SSSR count). The van der Waals surface area contributed by atoms with Crippen molar-refractivity contribution < 1.29 is 35.8 Å². The fourth-order valence-corrected chi connectivity index (χ4v) is 5.67. The third-order valence-electron chi connectivity index (χ3n) is 6.22. The number of aryl methyl sites for hydroxylation is 1. The van der Waals surface area contributed by atoms with Crippen molar-refractivity contribution in [1.82, 2.24) is 24.5 Å². The predicted molar refractivity (Wildman–Crippen MR) is 145 cm³/mol. The molecule has 1 N–H and O–H groups in total. The van der Waals surface area contributed by atoms with Gasteiger partial charge in [0.15, 0.2) is 9.84 Å². The zero-order valence-corrected chi connectivity index (χ0v) is 23.3. The molecule has 0 saturated heterocycles. The number of nitrogens with zero attached hydrogens (tertiary/aromatic N) is 5. The molecule has 0 aliphatic carbocycles. The van der Waals surface area contributed by atoms with Crippen molar-refractivity contribution in [2.45, 2.75) is 24.8 Å². The van der Waals surface area contributed by atoms with E-state index in [1.54, 1.807) is 23.8 Å². The molecule has 0 radical (unpaired) electrons. The molecule has 3 aromatic carbocycles. The summed E-state index contributed by atoms with van der Waals surface area (Å²) >= 11 is 6.77. The summed E-state index contributed by atoms with van der Waals surface area (Å²) in [4.78, 5) is 3.86. The standard InChI is InChI=1S/C27H20ClF4N5O4S/c1-15-12-36(14-33-15)26-21(28)7-17(18-8-22(29)20(13-38)25(10-18)42(2,39)40)9-23(26)37-24(11-34-35-37)16-3-5-19(6-4-16)41-27(30,31)32/h3-12,14,38H,13H2,1-2H3. The van der Waals surface area contributed by atoms with E-state index in [0.29, 0.717) is 33.9 Å². The first-order chi connectivity index (χ1) is 19.7. The van der Waals surface area contributed by atoms with Crippen LogP contribution < -0.4 is 4.74 Å². The van der Waals surface area contributed by atoms with E-state index in [2.05, 4.69) is 20.0 Å². The Morgan fingerprint density at radius 2 is 1.74 bits per heavy atom. The maximum Gasteiger partial charge on any atom is 0.573 e. The maximum absolute atomic E-state index is 15.0. The minimum atomic E-state index is -4.86. The van der Waals surface area contributed by atoms with Crippen LogP contribution in [0.5, 0.6) is 5.75 Å². The number of hydrogen-bond donors (Lipinski definition) is 1. The molecular weight excluding hydrogens is 602 g/mol. The highest BCUT2D eigenvalue weighted by Gasteiger charge is 2.31. The van der Waals surface area contributed by atoms with E-state index in [0.717, 1.165) is 24.5 Å². The van der Waals surface area contributed by atoms with Crippen molar-refractivity contribution >= 4 is 21.4 Å². The first-order valence-corrected chi connectivity index (χ1v) is 14.3. The summed E-state index contributed by atoms with van der Waals surface area (Å²) in [6.45, 7) is 0.941. The second-order valence-electron chi connectivity index (χ2n) is 9.22. The van der Waals surface area contributed by atoms with E-state index in [1.165, 1.54) is 41.5 Å². The molecule has 218 valence electrons. The van der Waals surface area contributed by atoms with Crippen molar-refractivity contribution in [3.63, 3.8) is 0 Å². The van der Waals surface area contributed by atoms with E-state index < -0.39 is 34.4 Å². The predicted octanol–water partition coefficient (Wildman–Crippen LogP) is 5.68. The summed E-state index contributed by atoms with van der Waals surface area (Å²) < 4.78 is 84.7. The summed E-state index contributed by atoms with van der Waals surface area (Å²) in [5.74, 6) is -1.34. The zero-order chi connectivity index (χ0) is 30.4. The van der Waals surface area contributed by atoms with E-state index in [9.17, 15) is 31.1 Å². The highest BCUT2D eigenvalue weighted by Crippen LogP contribution is 2.37. The molecule has 0 fully saturated rings. The Kier molecular flexibility index (Phi) is 7.55. The van der Waals surface area contributed by atoms with E-state index in [1.807, 2.05) is 0 Å². The quantitative estimate of drug-likeness (QED) is 0.233. The van der Waals surface area contributed by atoms with Gasteiger partial charge in [-0.3, -0.25) is 0 Å². The number of aliphatic hydroxyl groups is 1. The highest BCUT2D eigenvalue weighted by atomic mass is 35.5. The average molecular weight is 622 g/mol. The van der Waals surface area contributed by atoms with Gasteiger partial charge in [-0.1, -0.05) is 16.8 Å². The molecule has 0 bridgehead atoms. The number of ether oxygens (including phenoxy) is 1. The van der Waals surface area contributed by atoms with Gasteiger partial charge in [0.1, 0.15) is 11.6 Å². The second-order valence-corrected chi connectivity index (χ2v) is 11.6. The summed E-state index contributed by atoms with van der Waals surface area (Å²) in [6.07, 6.45) is 0.644. The van der Waals surface area contributed by atoms with Gasteiger partial charge in [-0.2, -0.15) is 0 Å². The molecule has 0 atom stereocenters. The van der Waals surface area contributed by atoms with Gasteiger partial charge in [0, 0.05) is 23.6 Å². The molecule has 0 aliphatic rings. The van der Waals surface area contributed by atoms with Gasteiger partial charge in [-0.05, 0) is 66.6 Å². The number of rotatable bonds is 7. The average Bonchev–Trinajstić information content (AvgIpc) is 3.56.